The molecule has 1 aromatic heterocycles. The number of aromatic nitrogens is 2. The van der Waals surface area contributed by atoms with Gasteiger partial charge in [0.05, 0.1) is 37.2 Å². The lowest BCUT2D eigenvalue weighted by Gasteiger charge is -2.19. The lowest BCUT2D eigenvalue weighted by Crippen LogP contribution is -2.16. The number of methoxy groups -OCH3 is 1. The number of nitrogens with zero attached hydrogens (tertiary/aromatic N) is 2. The number of rotatable bonds is 7. The van der Waals surface area contributed by atoms with Crippen molar-refractivity contribution in [1.82, 2.24) is 9.97 Å². The van der Waals surface area contributed by atoms with Crippen LogP contribution in [-0.4, -0.2) is 52.7 Å². The zero-order valence-corrected chi connectivity index (χ0v) is 18.9. The van der Waals surface area contributed by atoms with Gasteiger partial charge in [-0.25, -0.2) is 18.6 Å². The van der Waals surface area contributed by atoms with Gasteiger partial charge in [-0.1, -0.05) is 0 Å². The summed E-state index contributed by atoms with van der Waals surface area (Å²) in [5, 5.41) is 3.96. The molecule has 0 saturated carbocycles. The maximum Gasteiger partial charge on any atom is 0.146 e. The highest BCUT2D eigenvalue weighted by molar-refractivity contribution is 8.00. The Morgan fingerprint density at radius 1 is 1.28 bits per heavy atom. The Hall–Kier alpha value is -3.11. The summed E-state index contributed by atoms with van der Waals surface area (Å²) in [7, 11) is -0.992. The van der Waals surface area contributed by atoms with E-state index in [1.807, 2.05) is 6.92 Å². The van der Waals surface area contributed by atoms with Crippen LogP contribution >= 0.6 is 0 Å². The molecule has 0 aliphatic carbocycles. The number of aryl methyl sites for hydroxylation is 1. The summed E-state index contributed by atoms with van der Waals surface area (Å²) in [6.07, 6.45) is 3.53. The largest absolute Gasteiger partial charge is 0.494 e. The van der Waals surface area contributed by atoms with Gasteiger partial charge in [-0.2, -0.15) is 0 Å². The Morgan fingerprint density at radius 3 is 2.78 bits per heavy atom. The fraction of sp³-hybridized carbons (Fsp3) is 0.318. The van der Waals surface area contributed by atoms with E-state index in [-0.39, 0.29) is 6.10 Å². The molecule has 0 amide bonds. The van der Waals surface area contributed by atoms with E-state index in [2.05, 4.69) is 25.9 Å². The van der Waals surface area contributed by atoms with Crippen LogP contribution in [0.4, 0.5) is 21.6 Å². The van der Waals surface area contributed by atoms with Gasteiger partial charge in [0.2, 0.25) is 0 Å². The fourth-order valence-electron chi connectivity index (χ4n) is 3.67. The summed E-state index contributed by atoms with van der Waals surface area (Å²) in [5.41, 5.74) is 2.44. The molecule has 1 aliphatic rings. The first kappa shape index (κ1) is 22.1. The van der Waals surface area contributed by atoms with Gasteiger partial charge in [0.1, 0.15) is 35.6 Å². The Bertz CT molecular complexity index is 1260. The van der Waals surface area contributed by atoms with Crippen molar-refractivity contribution in [2.24, 2.45) is 0 Å². The minimum absolute atomic E-state index is 0.137. The maximum atomic E-state index is 13.9. The summed E-state index contributed by atoms with van der Waals surface area (Å²) >= 11 is 0. The number of benzene rings is 2. The molecule has 3 aromatic rings. The Morgan fingerprint density at radius 2 is 2.09 bits per heavy atom. The number of hydrogen-bond acceptors (Lipinski definition) is 7. The molecular formula is C22H25FN4O4S. The molecule has 1 saturated heterocycles. The van der Waals surface area contributed by atoms with Gasteiger partial charge in [0.25, 0.3) is 0 Å². The number of halogens is 1. The zero-order chi connectivity index (χ0) is 22.9. The van der Waals surface area contributed by atoms with E-state index < -0.39 is 15.5 Å². The fourth-order valence-corrected chi connectivity index (χ4v) is 4.29. The lowest BCUT2D eigenvalue weighted by atomic mass is 10.1. The van der Waals surface area contributed by atoms with Crippen molar-refractivity contribution in [1.29, 1.82) is 0 Å². The molecule has 0 spiro atoms. The van der Waals surface area contributed by atoms with Crippen LogP contribution in [0.3, 0.4) is 0 Å². The zero-order valence-electron chi connectivity index (χ0n) is 18.1. The Kier molecular flexibility index (Phi) is 6.07. The van der Waals surface area contributed by atoms with Gasteiger partial charge in [0.15, 0.2) is 0 Å². The molecule has 2 N–H and O–H groups in total. The number of hydrogen-bond donors (Lipinski definition) is 2. The second-order valence-electron chi connectivity index (χ2n) is 7.67. The highest BCUT2D eigenvalue weighted by Gasteiger charge is 2.21. The molecule has 8 nitrogen and oxygen atoms in total. The molecule has 1 fully saturated rings. The molecule has 2 unspecified atom stereocenters. The first-order chi connectivity index (χ1) is 15.2. The second-order valence-corrected chi connectivity index (χ2v) is 9.89. The number of nitrogens with one attached hydrogen (secondary N) is 2. The second kappa shape index (κ2) is 8.79. The van der Waals surface area contributed by atoms with Crippen LogP contribution < -0.4 is 19.5 Å². The van der Waals surface area contributed by atoms with Crippen LogP contribution in [0.5, 0.6) is 11.5 Å². The number of anilines is 3. The third-order valence-corrected chi connectivity index (χ3v) is 5.68. The SMILES string of the molecule is C=S(C)(=O)Nc1cc2ncnc(Nc3ccc(F)cc3OC3CCOC3)c2c(C)c1OC. The normalized spacial score (nSPS) is 17.7. The molecule has 0 bridgehead atoms. The van der Waals surface area contributed by atoms with Crippen molar-refractivity contribution in [3.05, 3.63) is 42.0 Å². The van der Waals surface area contributed by atoms with E-state index >= 15 is 0 Å². The minimum atomic E-state index is -2.53. The standard InChI is InChI=1S/C22H25FN4O4S/c1-13-20-17(10-18(21(13)29-2)27-32(3,4)28)24-12-25-22(20)26-16-6-5-14(23)9-19(16)31-15-7-8-30-11-15/h5-6,9-10,12,15H,3,7-8,11H2,1-2,4H3,(H,27,28)(H,24,25,26). The van der Waals surface area contributed by atoms with Crippen molar-refractivity contribution < 1.29 is 22.8 Å². The molecule has 0 radical (unpaired) electrons. The lowest BCUT2D eigenvalue weighted by molar-refractivity contribution is 0.141. The van der Waals surface area contributed by atoms with E-state index in [9.17, 15) is 8.60 Å². The molecule has 32 heavy (non-hydrogen) atoms. The molecule has 10 heteroatoms. The maximum absolute atomic E-state index is 13.9. The van der Waals surface area contributed by atoms with Crippen molar-refractivity contribution in [3.8, 4) is 11.5 Å². The van der Waals surface area contributed by atoms with Crippen LogP contribution in [0, 0.1) is 12.7 Å². The number of fused-ring (bicyclic) bond motifs is 1. The van der Waals surface area contributed by atoms with E-state index in [1.165, 1.54) is 31.8 Å². The Balaban J connectivity index is 1.77. The topological polar surface area (TPSA) is 94.6 Å². The average Bonchev–Trinajstić information content (AvgIpc) is 3.22. The predicted octanol–water partition coefficient (Wildman–Crippen LogP) is 3.67. The first-order valence-electron chi connectivity index (χ1n) is 9.98. The monoisotopic (exact) mass is 460 g/mol. The third-order valence-electron chi connectivity index (χ3n) is 5.03. The van der Waals surface area contributed by atoms with Gasteiger partial charge in [-0.3, -0.25) is 0 Å². The highest BCUT2D eigenvalue weighted by Crippen LogP contribution is 2.39. The van der Waals surface area contributed by atoms with Gasteiger partial charge in [-0.05, 0) is 31.0 Å². The summed E-state index contributed by atoms with van der Waals surface area (Å²) in [6.45, 7) is 2.94. The molecule has 170 valence electrons. The van der Waals surface area contributed by atoms with Gasteiger partial charge < -0.3 is 24.2 Å². The average molecular weight is 461 g/mol. The quantitative estimate of drug-likeness (QED) is 0.520. The van der Waals surface area contributed by atoms with Crippen molar-refractivity contribution >= 4 is 43.7 Å². The van der Waals surface area contributed by atoms with Crippen molar-refractivity contribution in [2.45, 2.75) is 19.4 Å². The van der Waals surface area contributed by atoms with Gasteiger partial charge in [-0.15, -0.1) is 0 Å². The summed E-state index contributed by atoms with van der Waals surface area (Å²) in [4.78, 5) is 8.76. The molecule has 2 aromatic carbocycles. The van der Waals surface area contributed by atoms with Crippen LogP contribution in [0.1, 0.15) is 12.0 Å². The minimum Gasteiger partial charge on any atom is -0.494 e. The molecule has 2 heterocycles. The van der Waals surface area contributed by atoms with Crippen molar-refractivity contribution in [2.75, 3.05) is 36.6 Å². The smallest absolute Gasteiger partial charge is 0.146 e. The van der Waals surface area contributed by atoms with Crippen molar-refractivity contribution in [3.63, 3.8) is 0 Å². The van der Waals surface area contributed by atoms with E-state index in [4.69, 9.17) is 14.2 Å². The van der Waals surface area contributed by atoms with Gasteiger partial charge >= 0.3 is 0 Å². The molecule has 1 aliphatic heterocycles. The molecular weight excluding hydrogens is 435 g/mol. The van der Waals surface area contributed by atoms with Gasteiger partial charge in [0, 0.05) is 39.4 Å². The van der Waals surface area contributed by atoms with E-state index in [1.54, 1.807) is 12.1 Å². The summed E-state index contributed by atoms with van der Waals surface area (Å²) in [6, 6.07) is 6.03. The number of ether oxygens (including phenoxy) is 3. The van der Waals surface area contributed by atoms with E-state index in [0.29, 0.717) is 52.8 Å². The van der Waals surface area contributed by atoms with Crippen LogP contribution in [0.2, 0.25) is 0 Å². The molecule has 4 rings (SSSR count). The summed E-state index contributed by atoms with van der Waals surface area (Å²) in [5.74, 6) is 4.63. The van der Waals surface area contributed by atoms with Crippen LogP contribution in [0.15, 0.2) is 30.6 Å². The highest BCUT2D eigenvalue weighted by atomic mass is 32.2. The Labute approximate surface area is 186 Å². The summed E-state index contributed by atoms with van der Waals surface area (Å²) < 4.78 is 46.0. The first-order valence-corrected chi connectivity index (χ1v) is 12.1. The van der Waals surface area contributed by atoms with E-state index in [0.717, 1.165) is 12.0 Å². The van der Waals surface area contributed by atoms with Crippen LogP contribution in [0.25, 0.3) is 10.9 Å². The third kappa shape index (κ3) is 4.71. The van der Waals surface area contributed by atoms with Crippen LogP contribution in [-0.2, 0) is 14.4 Å². The predicted molar refractivity (Wildman–Crippen MR) is 125 cm³/mol. The molecule has 2 atom stereocenters.